The van der Waals surface area contributed by atoms with Gasteiger partial charge in [-0.3, -0.25) is 0 Å². The van der Waals surface area contributed by atoms with E-state index in [-0.39, 0.29) is 10.7 Å². The van der Waals surface area contributed by atoms with Gasteiger partial charge in [0.2, 0.25) is 0 Å². The van der Waals surface area contributed by atoms with Crippen LogP contribution in [0.15, 0.2) is 42.5 Å². The van der Waals surface area contributed by atoms with E-state index in [1.807, 2.05) is 6.07 Å². The molecule has 0 radical (unpaired) electrons. The summed E-state index contributed by atoms with van der Waals surface area (Å²) in [5, 5.41) is 13.3. The summed E-state index contributed by atoms with van der Waals surface area (Å²) in [4.78, 5) is 11.8. The molecule has 23 heavy (non-hydrogen) atoms. The van der Waals surface area contributed by atoms with Gasteiger partial charge in [0.15, 0.2) is 0 Å². The Bertz CT molecular complexity index is 767. The lowest BCUT2D eigenvalue weighted by molar-refractivity contribution is -0.137. The molecule has 0 aromatic heterocycles. The predicted octanol–water partition coefficient (Wildman–Crippen LogP) is 4.87. The van der Waals surface area contributed by atoms with Crippen LogP contribution in [-0.2, 0) is 6.18 Å². The van der Waals surface area contributed by atoms with Gasteiger partial charge in [0.1, 0.15) is 0 Å². The van der Waals surface area contributed by atoms with Crippen LogP contribution >= 0.6 is 11.6 Å². The molecule has 2 amide bonds. The maximum Gasteiger partial charge on any atom is 0.416 e. The van der Waals surface area contributed by atoms with E-state index in [9.17, 15) is 18.0 Å². The Morgan fingerprint density at radius 1 is 1.09 bits per heavy atom. The average Bonchev–Trinajstić information content (AvgIpc) is 2.49. The van der Waals surface area contributed by atoms with Crippen molar-refractivity contribution >= 4 is 29.0 Å². The van der Waals surface area contributed by atoms with Crippen molar-refractivity contribution in [1.82, 2.24) is 0 Å². The molecule has 0 heterocycles. The normalized spacial score (nSPS) is 10.7. The van der Waals surface area contributed by atoms with Gasteiger partial charge < -0.3 is 10.6 Å². The fourth-order valence-electron chi connectivity index (χ4n) is 1.71. The smallest absolute Gasteiger partial charge is 0.308 e. The Hall–Kier alpha value is -2.72. The van der Waals surface area contributed by atoms with Crippen LogP contribution in [0.1, 0.15) is 11.1 Å². The molecule has 0 aliphatic rings. The molecule has 2 aromatic carbocycles. The van der Waals surface area contributed by atoms with Crippen LogP contribution in [0.5, 0.6) is 0 Å². The fourth-order valence-corrected chi connectivity index (χ4v) is 1.87. The highest BCUT2D eigenvalue weighted by atomic mass is 35.5. The molecular weight excluding hydrogens is 331 g/mol. The fraction of sp³-hybridized carbons (Fsp3) is 0.0667. The lowest BCUT2D eigenvalue weighted by Crippen LogP contribution is -2.20. The van der Waals surface area contributed by atoms with E-state index in [2.05, 4.69) is 10.6 Å². The van der Waals surface area contributed by atoms with Gasteiger partial charge in [-0.05, 0) is 42.5 Å². The van der Waals surface area contributed by atoms with Crippen LogP contribution in [0, 0.1) is 11.3 Å². The largest absolute Gasteiger partial charge is 0.416 e. The van der Waals surface area contributed by atoms with Gasteiger partial charge in [0.05, 0.1) is 27.9 Å². The highest BCUT2D eigenvalue weighted by Gasteiger charge is 2.31. The number of benzene rings is 2. The van der Waals surface area contributed by atoms with Crippen LogP contribution in [0.3, 0.4) is 0 Å². The Morgan fingerprint density at radius 3 is 2.30 bits per heavy atom. The zero-order valence-corrected chi connectivity index (χ0v) is 12.2. The summed E-state index contributed by atoms with van der Waals surface area (Å²) in [6, 6.07) is 9.77. The summed E-state index contributed by atoms with van der Waals surface area (Å²) >= 11 is 5.79. The zero-order chi connectivity index (χ0) is 17.0. The lowest BCUT2D eigenvalue weighted by Gasteiger charge is -2.12. The summed E-state index contributed by atoms with van der Waals surface area (Å²) in [5.74, 6) is 0. The summed E-state index contributed by atoms with van der Waals surface area (Å²) in [6.45, 7) is 0. The van der Waals surface area contributed by atoms with Crippen LogP contribution < -0.4 is 10.6 Å². The molecule has 2 N–H and O–H groups in total. The first kappa shape index (κ1) is 16.6. The van der Waals surface area contributed by atoms with Crippen molar-refractivity contribution < 1.29 is 18.0 Å². The van der Waals surface area contributed by atoms with Crippen molar-refractivity contribution in [3.8, 4) is 6.07 Å². The number of halogens is 4. The number of amides is 2. The number of carbonyl (C=O) groups is 1. The molecule has 0 aliphatic carbocycles. The monoisotopic (exact) mass is 339 g/mol. The van der Waals surface area contributed by atoms with Gasteiger partial charge in [-0.15, -0.1) is 0 Å². The molecule has 0 atom stereocenters. The number of nitriles is 1. The number of nitrogens with zero attached hydrogens (tertiary/aromatic N) is 1. The highest BCUT2D eigenvalue weighted by Crippen LogP contribution is 2.33. The number of nitrogens with one attached hydrogen (secondary N) is 2. The molecular formula is C15H9ClF3N3O. The van der Waals surface area contributed by atoms with Gasteiger partial charge in [0, 0.05) is 5.69 Å². The van der Waals surface area contributed by atoms with Gasteiger partial charge >= 0.3 is 12.2 Å². The number of hydrogen-bond donors (Lipinski definition) is 2. The van der Waals surface area contributed by atoms with Gasteiger partial charge in [-0.2, -0.15) is 18.4 Å². The van der Waals surface area contributed by atoms with E-state index in [0.29, 0.717) is 11.3 Å². The Morgan fingerprint density at radius 2 is 1.74 bits per heavy atom. The Kier molecular flexibility index (Phi) is 4.77. The molecule has 118 valence electrons. The SMILES string of the molecule is N#Cc1ccc(NC(=O)Nc2cc(C(F)(F)F)ccc2Cl)cc1. The summed E-state index contributed by atoms with van der Waals surface area (Å²) in [5.41, 5.74) is -0.287. The van der Waals surface area contributed by atoms with E-state index >= 15 is 0 Å². The van der Waals surface area contributed by atoms with E-state index in [1.54, 1.807) is 0 Å². The van der Waals surface area contributed by atoms with E-state index in [4.69, 9.17) is 16.9 Å². The van der Waals surface area contributed by atoms with Gasteiger partial charge in [-0.25, -0.2) is 4.79 Å². The zero-order valence-electron chi connectivity index (χ0n) is 11.4. The van der Waals surface area contributed by atoms with Crippen LogP contribution in [0.4, 0.5) is 29.3 Å². The minimum absolute atomic E-state index is 0.0204. The number of anilines is 2. The van der Waals surface area contributed by atoms with E-state index in [0.717, 1.165) is 18.2 Å². The standard InChI is InChI=1S/C15H9ClF3N3O/c16-12-6-3-10(15(17,18)19)7-13(12)22-14(23)21-11-4-1-9(8-20)2-5-11/h1-7H,(H2,21,22,23). The number of urea groups is 1. The number of alkyl halides is 3. The van der Waals surface area contributed by atoms with Crippen molar-refractivity contribution in [1.29, 1.82) is 5.26 Å². The first-order chi connectivity index (χ1) is 10.8. The first-order valence-electron chi connectivity index (χ1n) is 6.24. The Labute approximate surface area is 134 Å². The van der Waals surface area contributed by atoms with Crippen LogP contribution in [0.25, 0.3) is 0 Å². The molecule has 0 aliphatic heterocycles. The molecule has 0 unspecified atom stereocenters. The third kappa shape index (κ3) is 4.37. The maximum absolute atomic E-state index is 12.7. The first-order valence-corrected chi connectivity index (χ1v) is 6.62. The predicted molar refractivity (Wildman–Crippen MR) is 80.3 cm³/mol. The second kappa shape index (κ2) is 6.58. The Balaban J connectivity index is 2.12. The highest BCUT2D eigenvalue weighted by molar-refractivity contribution is 6.33. The second-order valence-corrected chi connectivity index (χ2v) is 4.87. The molecule has 2 aromatic rings. The lowest BCUT2D eigenvalue weighted by atomic mass is 10.2. The molecule has 4 nitrogen and oxygen atoms in total. The molecule has 0 fully saturated rings. The van der Waals surface area contributed by atoms with Crippen molar-refractivity contribution in [2.75, 3.05) is 10.6 Å². The molecule has 0 spiro atoms. The summed E-state index contributed by atoms with van der Waals surface area (Å²) in [7, 11) is 0. The molecule has 0 saturated carbocycles. The van der Waals surface area contributed by atoms with Crippen LogP contribution in [-0.4, -0.2) is 6.03 Å². The van der Waals surface area contributed by atoms with Crippen molar-refractivity contribution in [3.63, 3.8) is 0 Å². The quantitative estimate of drug-likeness (QED) is 0.819. The average molecular weight is 340 g/mol. The number of carbonyl (C=O) groups excluding carboxylic acids is 1. The topological polar surface area (TPSA) is 64.9 Å². The number of rotatable bonds is 2. The molecule has 2 rings (SSSR count). The van der Waals surface area contributed by atoms with Gasteiger partial charge in [-0.1, -0.05) is 11.6 Å². The van der Waals surface area contributed by atoms with E-state index < -0.39 is 17.8 Å². The maximum atomic E-state index is 12.7. The van der Waals surface area contributed by atoms with Gasteiger partial charge in [0.25, 0.3) is 0 Å². The van der Waals surface area contributed by atoms with Crippen molar-refractivity contribution in [2.24, 2.45) is 0 Å². The molecule has 0 saturated heterocycles. The third-order valence-corrected chi connectivity index (χ3v) is 3.14. The minimum atomic E-state index is -4.54. The van der Waals surface area contributed by atoms with Crippen molar-refractivity contribution in [2.45, 2.75) is 6.18 Å². The van der Waals surface area contributed by atoms with Crippen molar-refractivity contribution in [3.05, 3.63) is 58.6 Å². The van der Waals surface area contributed by atoms with E-state index in [1.165, 1.54) is 24.3 Å². The summed E-state index contributed by atoms with van der Waals surface area (Å²) < 4.78 is 38.0. The molecule has 8 heteroatoms. The number of hydrogen-bond acceptors (Lipinski definition) is 2. The minimum Gasteiger partial charge on any atom is -0.308 e. The third-order valence-electron chi connectivity index (χ3n) is 2.81. The summed E-state index contributed by atoms with van der Waals surface area (Å²) in [6.07, 6.45) is -4.54. The molecule has 0 bridgehead atoms. The second-order valence-electron chi connectivity index (χ2n) is 4.46. The van der Waals surface area contributed by atoms with Crippen LogP contribution in [0.2, 0.25) is 5.02 Å².